The maximum absolute atomic E-state index is 13.0. The van der Waals surface area contributed by atoms with Gasteiger partial charge in [0.25, 0.3) is 5.69 Å². The fourth-order valence-corrected chi connectivity index (χ4v) is 6.73. The molecule has 49 heavy (non-hydrogen) atoms. The number of nitro groups is 1. The number of nitrogens with one attached hydrogen (secondary N) is 1. The van der Waals surface area contributed by atoms with E-state index in [1.807, 2.05) is 37.3 Å². The van der Waals surface area contributed by atoms with E-state index in [0.717, 1.165) is 12.0 Å². The summed E-state index contributed by atoms with van der Waals surface area (Å²) in [4.78, 5) is 60.0. The number of ether oxygens (including phenoxy) is 2. The number of methoxy groups -OCH3 is 1. The normalized spacial score (nSPS) is 18.9. The van der Waals surface area contributed by atoms with Crippen LogP contribution >= 0.6 is 0 Å². The number of non-ortho nitro benzene ring substituents is 1. The Labute approximate surface area is 284 Å². The number of benzene rings is 2. The average molecular weight is 675 g/mol. The van der Waals surface area contributed by atoms with Crippen LogP contribution < -0.4 is 5.32 Å². The summed E-state index contributed by atoms with van der Waals surface area (Å²) in [6.07, 6.45) is 3.58. The Morgan fingerprint density at radius 2 is 1.92 bits per heavy atom. The third-order valence-corrected chi connectivity index (χ3v) is 9.19. The van der Waals surface area contributed by atoms with E-state index in [0.29, 0.717) is 80.9 Å². The van der Waals surface area contributed by atoms with E-state index in [-0.39, 0.29) is 31.4 Å². The Morgan fingerprint density at radius 3 is 2.51 bits per heavy atom. The van der Waals surface area contributed by atoms with Gasteiger partial charge in [-0.1, -0.05) is 54.5 Å². The van der Waals surface area contributed by atoms with E-state index in [4.69, 9.17) is 20.0 Å². The number of esters is 1. The summed E-state index contributed by atoms with van der Waals surface area (Å²) in [6.45, 7) is 4.44. The molecule has 260 valence electrons. The molecule has 2 heterocycles. The van der Waals surface area contributed by atoms with Gasteiger partial charge in [-0.25, -0.2) is 0 Å². The van der Waals surface area contributed by atoms with Crippen LogP contribution in [0.5, 0.6) is 0 Å². The molecule has 2 unspecified atom stereocenters. The molecule has 0 aromatic heterocycles. The van der Waals surface area contributed by atoms with E-state index in [1.54, 1.807) is 17.0 Å². The van der Waals surface area contributed by atoms with Crippen molar-refractivity contribution in [1.29, 1.82) is 0 Å². The third-order valence-electron chi connectivity index (χ3n) is 9.19. The van der Waals surface area contributed by atoms with E-state index in [2.05, 4.69) is 20.2 Å². The summed E-state index contributed by atoms with van der Waals surface area (Å²) in [5, 5.41) is 17.8. The van der Waals surface area contributed by atoms with Crippen LogP contribution in [-0.4, -0.2) is 98.3 Å². The van der Waals surface area contributed by atoms with Gasteiger partial charge >= 0.3 is 5.97 Å². The largest absolute Gasteiger partial charge is 0.468 e. The Bertz CT molecular complexity index is 1570. The van der Waals surface area contributed by atoms with Crippen LogP contribution in [0.3, 0.4) is 0 Å². The zero-order valence-corrected chi connectivity index (χ0v) is 27.8. The lowest BCUT2D eigenvalue weighted by Gasteiger charge is -2.40. The molecular formula is C34H42N8O7. The summed E-state index contributed by atoms with van der Waals surface area (Å²) in [5.41, 5.74) is 11.1. The van der Waals surface area contributed by atoms with Crippen LogP contribution in [-0.2, 0) is 29.3 Å². The van der Waals surface area contributed by atoms with Gasteiger partial charge in [-0.3, -0.25) is 29.5 Å². The molecule has 2 amide bonds. The number of amides is 2. The maximum atomic E-state index is 13.0. The van der Waals surface area contributed by atoms with E-state index < -0.39 is 22.3 Å². The fraction of sp³-hybridized carbons (Fsp3) is 0.471. The number of piperidine rings is 1. The lowest BCUT2D eigenvalue weighted by molar-refractivity contribution is -0.384. The quantitative estimate of drug-likeness (QED) is 0.0354. The number of nitro benzene ring substituents is 1. The molecule has 0 radical (unpaired) electrons. The molecule has 1 fully saturated rings. The predicted molar refractivity (Wildman–Crippen MR) is 182 cm³/mol. The first-order chi connectivity index (χ1) is 23.8. The standard InChI is InChI=1S/C34H42N8O7/c1-3-28-31(36-23-43)30(25-10-12-27(13-11-25)42(46)47)32(29(38-28)22-49-21-16-37-39-35)41(24-44)18-7-17-40-19-14-34(15-20-40,33(45)48-2)26-8-5-4-6-9-26/h4-6,8-13,23-24,30-31H,3,7,14-22H2,1-2H3,(H,36,43). The molecule has 4 rings (SSSR count). The van der Waals surface area contributed by atoms with E-state index in [9.17, 15) is 24.5 Å². The van der Waals surface area contributed by atoms with Gasteiger partial charge in [-0.05, 0) is 62.0 Å². The van der Waals surface area contributed by atoms with E-state index in [1.165, 1.54) is 19.2 Å². The molecule has 1 saturated heterocycles. The van der Waals surface area contributed by atoms with Crippen LogP contribution in [0.1, 0.15) is 49.7 Å². The van der Waals surface area contributed by atoms with Crippen LogP contribution in [0.25, 0.3) is 10.4 Å². The van der Waals surface area contributed by atoms with Gasteiger partial charge in [0.1, 0.15) is 0 Å². The van der Waals surface area contributed by atoms with Gasteiger partial charge in [-0.15, -0.1) is 0 Å². The first-order valence-electron chi connectivity index (χ1n) is 16.2. The Hall–Kier alpha value is -5.11. The molecule has 2 aromatic rings. The van der Waals surface area contributed by atoms with Gasteiger partial charge in [0.2, 0.25) is 12.8 Å². The highest BCUT2D eigenvalue weighted by molar-refractivity contribution is 5.94. The number of carbonyl (C=O) groups is 3. The molecule has 0 saturated carbocycles. The molecule has 15 heteroatoms. The smallest absolute Gasteiger partial charge is 0.316 e. The molecule has 2 aromatic carbocycles. The van der Waals surface area contributed by atoms with Crippen LogP contribution in [0, 0.1) is 10.1 Å². The minimum Gasteiger partial charge on any atom is -0.468 e. The zero-order valence-electron chi connectivity index (χ0n) is 27.8. The molecule has 1 N–H and O–H groups in total. The summed E-state index contributed by atoms with van der Waals surface area (Å²) in [6, 6.07) is 15.1. The van der Waals surface area contributed by atoms with Crippen molar-refractivity contribution in [1.82, 2.24) is 15.1 Å². The monoisotopic (exact) mass is 674 g/mol. The van der Waals surface area contributed by atoms with Gasteiger partial charge in [0.05, 0.1) is 54.0 Å². The van der Waals surface area contributed by atoms with Crippen molar-refractivity contribution >= 4 is 30.2 Å². The van der Waals surface area contributed by atoms with Gasteiger partial charge in [0.15, 0.2) is 0 Å². The fourth-order valence-electron chi connectivity index (χ4n) is 6.73. The lowest BCUT2D eigenvalue weighted by atomic mass is 9.72. The summed E-state index contributed by atoms with van der Waals surface area (Å²) >= 11 is 0. The summed E-state index contributed by atoms with van der Waals surface area (Å²) < 4.78 is 11.0. The van der Waals surface area contributed by atoms with Gasteiger partial charge < -0.3 is 24.6 Å². The highest BCUT2D eigenvalue weighted by Crippen LogP contribution is 2.39. The Morgan fingerprint density at radius 1 is 1.20 bits per heavy atom. The number of aliphatic imine (C=N–C) groups is 1. The number of azide groups is 1. The van der Waals surface area contributed by atoms with Crippen LogP contribution in [0.4, 0.5) is 5.69 Å². The molecule has 15 nitrogen and oxygen atoms in total. The Kier molecular flexibility index (Phi) is 13.4. The highest BCUT2D eigenvalue weighted by atomic mass is 16.6. The third kappa shape index (κ3) is 8.68. The summed E-state index contributed by atoms with van der Waals surface area (Å²) in [5.74, 6) is -0.854. The number of likely N-dealkylation sites (tertiary alicyclic amines) is 1. The van der Waals surface area contributed by atoms with Crippen molar-refractivity contribution in [2.24, 2.45) is 10.1 Å². The predicted octanol–water partition coefficient (Wildman–Crippen LogP) is 4.25. The number of hydrogen-bond donors (Lipinski definition) is 1. The van der Waals surface area contributed by atoms with Crippen molar-refractivity contribution in [3.05, 3.63) is 97.7 Å². The number of carbonyl (C=O) groups excluding carboxylic acids is 3. The number of hydrogen-bond acceptors (Lipinski definition) is 10. The van der Waals surface area contributed by atoms with Crippen molar-refractivity contribution in [2.45, 2.75) is 50.0 Å². The van der Waals surface area contributed by atoms with Crippen molar-refractivity contribution in [3.63, 3.8) is 0 Å². The second-order valence-electron chi connectivity index (χ2n) is 11.8. The zero-order chi connectivity index (χ0) is 35.2. The van der Waals surface area contributed by atoms with Crippen molar-refractivity contribution in [3.8, 4) is 0 Å². The first-order valence-corrected chi connectivity index (χ1v) is 16.2. The second kappa shape index (κ2) is 17.9. The minimum atomic E-state index is -0.713. The van der Waals surface area contributed by atoms with Crippen LogP contribution in [0.15, 0.2) is 76.1 Å². The number of nitrogens with zero attached hydrogens (tertiary/aromatic N) is 7. The molecule has 2 aliphatic heterocycles. The number of rotatable bonds is 18. The maximum Gasteiger partial charge on any atom is 0.316 e. The average Bonchev–Trinajstić information content (AvgIpc) is 3.14. The Balaban J connectivity index is 1.59. The summed E-state index contributed by atoms with van der Waals surface area (Å²) in [7, 11) is 1.42. The molecule has 2 aliphatic rings. The van der Waals surface area contributed by atoms with Gasteiger partial charge in [0, 0.05) is 35.8 Å². The lowest BCUT2D eigenvalue weighted by Crippen LogP contribution is -2.48. The van der Waals surface area contributed by atoms with E-state index >= 15 is 0 Å². The molecule has 0 spiro atoms. The van der Waals surface area contributed by atoms with Crippen LogP contribution in [0.2, 0.25) is 0 Å². The highest BCUT2D eigenvalue weighted by Gasteiger charge is 2.44. The first kappa shape index (κ1) is 36.7. The van der Waals surface area contributed by atoms with Crippen molar-refractivity contribution in [2.75, 3.05) is 53.0 Å². The van der Waals surface area contributed by atoms with Crippen molar-refractivity contribution < 1.29 is 28.8 Å². The minimum absolute atomic E-state index is 0.00261. The SMILES string of the molecule is CCC1=NC(COCCN=[N+]=[N-])=C(N(C=O)CCCN2CCC(C(=O)OC)(c3ccccc3)CC2)C(c2ccc([N+](=O)[O-])cc2)C1NC=O. The molecule has 2 atom stereocenters. The van der Waals surface area contributed by atoms with Gasteiger partial charge in [-0.2, -0.15) is 0 Å². The molecule has 0 bridgehead atoms. The molecule has 0 aliphatic carbocycles. The topological polar surface area (TPSA) is 192 Å². The molecular weight excluding hydrogens is 632 g/mol. The second-order valence-corrected chi connectivity index (χ2v) is 11.8.